The molecule has 2 atom stereocenters. The third-order valence-electron chi connectivity index (χ3n) is 7.01. The van der Waals surface area contributed by atoms with Gasteiger partial charge in [-0.1, -0.05) is 12.8 Å². The fourth-order valence-corrected chi connectivity index (χ4v) is 5.46. The number of aromatic nitrogens is 4. The molecule has 2 aliphatic heterocycles. The topological polar surface area (TPSA) is 79.2 Å². The van der Waals surface area contributed by atoms with Crippen molar-refractivity contribution in [2.45, 2.75) is 32.6 Å². The van der Waals surface area contributed by atoms with Gasteiger partial charge >= 0.3 is 0 Å². The Bertz CT molecular complexity index is 901. The number of carbonyl (C=O) groups is 1. The lowest BCUT2D eigenvalue weighted by atomic mass is 9.67. The predicted molar refractivity (Wildman–Crippen MR) is 107 cm³/mol. The number of hydrogen-bond donors (Lipinski definition) is 1. The van der Waals surface area contributed by atoms with E-state index in [1.165, 1.54) is 19.3 Å². The van der Waals surface area contributed by atoms with E-state index in [0.717, 1.165) is 68.4 Å². The third-order valence-corrected chi connectivity index (χ3v) is 7.01. The van der Waals surface area contributed by atoms with Gasteiger partial charge in [-0.15, -0.1) is 0 Å². The molecule has 5 rings (SSSR count). The van der Waals surface area contributed by atoms with E-state index in [1.54, 1.807) is 4.68 Å². The summed E-state index contributed by atoms with van der Waals surface area (Å²) in [5.41, 5.74) is 0.713. The number of rotatable bonds is 2. The van der Waals surface area contributed by atoms with Crippen LogP contribution in [-0.4, -0.2) is 69.8 Å². The minimum absolute atomic E-state index is 0.150. The van der Waals surface area contributed by atoms with Gasteiger partial charge in [0, 0.05) is 39.8 Å². The van der Waals surface area contributed by atoms with Crippen LogP contribution in [0.25, 0.3) is 11.0 Å². The standard InChI is InChI=1S/C20H29N7O/c1-14-23-17-16(12-22-25(17)2)18(24-14)26-7-9-27(10-8-26)19(28)20-6-4-3-5-15(20)11-21-13-20/h12,15,21H,3-11,13H2,1-2H3/t15-,20+/m0/s1. The van der Waals surface area contributed by atoms with Crippen molar-refractivity contribution in [2.75, 3.05) is 44.2 Å². The van der Waals surface area contributed by atoms with Crippen LogP contribution in [-0.2, 0) is 11.8 Å². The second-order valence-electron chi connectivity index (χ2n) is 8.61. The van der Waals surface area contributed by atoms with Crippen LogP contribution in [0, 0.1) is 18.3 Å². The third kappa shape index (κ3) is 2.69. The molecule has 1 N–H and O–H groups in total. The fourth-order valence-electron chi connectivity index (χ4n) is 5.46. The first-order chi connectivity index (χ1) is 13.6. The smallest absolute Gasteiger partial charge is 0.230 e. The zero-order chi connectivity index (χ0) is 19.3. The van der Waals surface area contributed by atoms with Gasteiger partial charge in [0.05, 0.1) is 17.0 Å². The highest BCUT2D eigenvalue weighted by Crippen LogP contribution is 2.45. The molecule has 3 fully saturated rings. The van der Waals surface area contributed by atoms with Gasteiger partial charge in [-0.3, -0.25) is 9.48 Å². The molecule has 4 heterocycles. The van der Waals surface area contributed by atoms with Gasteiger partial charge in [0.15, 0.2) is 5.65 Å². The fraction of sp³-hybridized carbons (Fsp3) is 0.700. The summed E-state index contributed by atoms with van der Waals surface area (Å²) in [4.78, 5) is 27.1. The molecule has 150 valence electrons. The predicted octanol–water partition coefficient (Wildman–Crippen LogP) is 1.10. The average molecular weight is 384 g/mol. The van der Waals surface area contributed by atoms with Crippen molar-refractivity contribution < 1.29 is 4.79 Å². The van der Waals surface area contributed by atoms with Gasteiger partial charge < -0.3 is 15.1 Å². The van der Waals surface area contributed by atoms with Crippen LogP contribution in [0.5, 0.6) is 0 Å². The van der Waals surface area contributed by atoms with E-state index in [1.807, 2.05) is 20.2 Å². The van der Waals surface area contributed by atoms with E-state index in [2.05, 4.69) is 25.2 Å². The largest absolute Gasteiger partial charge is 0.352 e. The van der Waals surface area contributed by atoms with Crippen LogP contribution in [0.15, 0.2) is 6.20 Å². The molecule has 0 radical (unpaired) electrons. The highest BCUT2D eigenvalue weighted by Gasteiger charge is 2.51. The lowest BCUT2D eigenvalue weighted by Gasteiger charge is -2.43. The molecule has 2 aromatic rings. The van der Waals surface area contributed by atoms with E-state index in [0.29, 0.717) is 11.8 Å². The zero-order valence-corrected chi connectivity index (χ0v) is 16.8. The first-order valence-corrected chi connectivity index (χ1v) is 10.5. The number of nitrogens with one attached hydrogen (secondary N) is 1. The molecule has 0 spiro atoms. The first kappa shape index (κ1) is 17.8. The summed E-state index contributed by atoms with van der Waals surface area (Å²) in [7, 11) is 1.91. The molecule has 1 saturated carbocycles. The average Bonchev–Trinajstić information content (AvgIpc) is 3.32. The monoisotopic (exact) mass is 383 g/mol. The Morgan fingerprint density at radius 2 is 2.04 bits per heavy atom. The maximum Gasteiger partial charge on any atom is 0.230 e. The first-order valence-electron chi connectivity index (χ1n) is 10.5. The Labute approximate surface area is 165 Å². The Hall–Kier alpha value is -2.22. The maximum absolute atomic E-state index is 13.5. The van der Waals surface area contributed by atoms with E-state index in [-0.39, 0.29) is 5.41 Å². The molecule has 2 aromatic heterocycles. The van der Waals surface area contributed by atoms with E-state index in [4.69, 9.17) is 4.98 Å². The number of piperazine rings is 1. The highest BCUT2D eigenvalue weighted by molar-refractivity contribution is 5.87. The van der Waals surface area contributed by atoms with Crippen molar-refractivity contribution >= 4 is 22.8 Å². The van der Waals surface area contributed by atoms with Crippen LogP contribution in [0.2, 0.25) is 0 Å². The number of aryl methyl sites for hydroxylation is 2. The van der Waals surface area contributed by atoms with Crippen LogP contribution in [0.1, 0.15) is 31.5 Å². The molecular formula is C20H29N7O. The van der Waals surface area contributed by atoms with Crippen LogP contribution in [0.4, 0.5) is 5.82 Å². The van der Waals surface area contributed by atoms with E-state index >= 15 is 0 Å². The summed E-state index contributed by atoms with van der Waals surface area (Å²) in [6.07, 6.45) is 6.53. The number of hydrogen-bond acceptors (Lipinski definition) is 6. The quantitative estimate of drug-likeness (QED) is 0.837. The number of anilines is 1. The van der Waals surface area contributed by atoms with Gasteiger partial charge in [0.2, 0.25) is 5.91 Å². The number of amides is 1. The molecule has 8 nitrogen and oxygen atoms in total. The van der Waals surface area contributed by atoms with Gasteiger partial charge in [0.1, 0.15) is 11.6 Å². The normalized spacial score (nSPS) is 28.0. The molecule has 3 aliphatic rings. The Kier molecular flexibility index (Phi) is 4.26. The van der Waals surface area contributed by atoms with Crippen LogP contribution < -0.4 is 10.2 Å². The lowest BCUT2D eigenvalue weighted by molar-refractivity contribution is -0.145. The van der Waals surface area contributed by atoms with Crippen molar-refractivity contribution in [3.8, 4) is 0 Å². The molecule has 1 amide bonds. The Morgan fingerprint density at radius 3 is 2.86 bits per heavy atom. The Balaban J connectivity index is 1.34. The van der Waals surface area contributed by atoms with Crippen molar-refractivity contribution in [2.24, 2.45) is 18.4 Å². The van der Waals surface area contributed by atoms with Gasteiger partial charge in [-0.2, -0.15) is 5.10 Å². The second kappa shape index (κ2) is 6.69. The van der Waals surface area contributed by atoms with Crippen molar-refractivity contribution in [3.05, 3.63) is 12.0 Å². The van der Waals surface area contributed by atoms with Crippen LogP contribution >= 0.6 is 0 Å². The molecule has 0 aromatic carbocycles. The molecule has 28 heavy (non-hydrogen) atoms. The summed E-state index contributed by atoms with van der Waals surface area (Å²) in [5.74, 6) is 2.60. The summed E-state index contributed by atoms with van der Waals surface area (Å²) in [5, 5.41) is 8.84. The molecule has 2 saturated heterocycles. The summed E-state index contributed by atoms with van der Waals surface area (Å²) in [6.45, 7) is 6.92. The molecular weight excluding hydrogens is 354 g/mol. The van der Waals surface area contributed by atoms with Crippen LogP contribution in [0.3, 0.4) is 0 Å². The van der Waals surface area contributed by atoms with E-state index < -0.39 is 0 Å². The molecule has 1 aliphatic carbocycles. The molecule has 8 heteroatoms. The Morgan fingerprint density at radius 1 is 1.21 bits per heavy atom. The SMILES string of the molecule is Cc1nc(N2CCN(C(=O)[C@@]34CCCC[C@H]3CNC4)CC2)c2cnn(C)c2n1. The maximum atomic E-state index is 13.5. The van der Waals surface area contributed by atoms with Crippen molar-refractivity contribution in [1.29, 1.82) is 0 Å². The van der Waals surface area contributed by atoms with Crippen molar-refractivity contribution in [3.63, 3.8) is 0 Å². The van der Waals surface area contributed by atoms with Gasteiger partial charge in [-0.25, -0.2) is 9.97 Å². The second-order valence-corrected chi connectivity index (χ2v) is 8.61. The van der Waals surface area contributed by atoms with Gasteiger partial charge in [0.25, 0.3) is 0 Å². The summed E-state index contributed by atoms with van der Waals surface area (Å²) >= 11 is 0. The van der Waals surface area contributed by atoms with Gasteiger partial charge in [-0.05, 0) is 32.2 Å². The lowest BCUT2D eigenvalue weighted by Crippen LogP contribution is -2.56. The zero-order valence-electron chi connectivity index (χ0n) is 16.8. The summed E-state index contributed by atoms with van der Waals surface area (Å²) in [6, 6.07) is 0. The number of carbonyl (C=O) groups excluding carboxylic acids is 1. The highest BCUT2D eigenvalue weighted by atomic mass is 16.2. The molecule has 0 bridgehead atoms. The minimum atomic E-state index is -0.150. The van der Waals surface area contributed by atoms with Crippen molar-refractivity contribution in [1.82, 2.24) is 30.0 Å². The summed E-state index contributed by atoms with van der Waals surface area (Å²) < 4.78 is 1.79. The van der Waals surface area contributed by atoms with E-state index in [9.17, 15) is 4.79 Å². The molecule has 0 unspecified atom stereocenters. The number of nitrogens with zero attached hydrogens (tertiary/aromatic N) is 6. The minimum Gasteiger partial charge on any atom is -0.352 e. The number of fused-ring (bicyclic) bond motifs is 2.